The maximum absolute atomic E-state index is 12.3. The highest BCUT2D eigenvalue weighted by atomic mass is 32.2. The number of nitrogens with zero attached hydrogens (tertiary/aromatic N) is 1. The number of carbonyl (C=O) groups is 1. The number of hydrogen-bond acceptors (Lipinski definition) is 5. The van der Waals surface area contributed by atoms with Gasteiger partial charge in [0.25, 0.3) is 0 Å². The lowest BCUT2D eigenvalue weighted by molar-refractivity contribution is -0.131. The van der Waals surface area contributed by atoms with Crippen LogP contribution in [0.5, 0.6) is 5.75 Å². The van der Waals surface area contributed by atoms with Gasteiger partial charge in [-0.05, 0) is 49.1 Å². The molecule has 0 fully saturated rings. The Morgan fingerprint density at radius 3 is 2.48 bits per heavy atom. The van der Waals surface area contributed by atoms with Gasteiger partial charge in [0, 0.05) is 24.1 Å². The molecule has 1 heterocycles. The Kier molecular flexibility index (Phi) is 7.01. The van der Waals surface area contributed by atoms with E-state index in [9.17, 15) is 13.2 Å². The van der Waals surface area contributed by atoms with Crippen LogP contribution in [0.2, 0.25) is 0 Å². The van der Waals surface area contributed by atoms with E-state index in [2.05, 4.69) is 0 Å². The normalized spacial score (nSPS) is 11.3. The van der Waals surface area contributed by atoms with Gasteiger partial charge < -0.3 is 9.64 Å². The Hall–Kier alpha value is -1.86. The zero-order valence-electron chi connectivity index (χ0n) is 14.5. The molecule has 1 aromatic heterocycles. The molecule has 0 saturated heterocycles. The molecule has 1 amide bonds. The molecular formula is C18H23NO4S2. The van der Waals surface area contributed by atoms with Crippen molar-refractivity contribution in [1.29, 1.82) is 0 Å². The van der Waals surface area contributed by atoms with Crippen LogP contribution in [0.1, 0.15) is 24.6 Å². The summed E-state index contributed by atoms with van der Waals surface area (Å²) in [5.41, 5.74) is 0. The number of thiophene rings is 1. The van der Waals surface area contributed by atoms with Gasteiger partial charge >= 0.3 is 0 Å². The fraction of sp³-hybridized carbons (Fsp3) is 0.389. The van der Waals surface area contributed by atoms with Gasteiger partial charge in [0.2, 0.25) is 5.91 Å². The highest BCUT2D eigenvalue weighted by Gasteiger charge is 2.12. The van der Waals surface area contributed by atoms with E-state index < -0.39 is 9.84 Å². The van der Waals surface area contributed by atoms with Crippen LogP contribution in [0.25, 0.3) is 0 Å². The summed E-state index contributed by atoms with van der Waals surface area (Å²) < 4.78 is 28.4. The molecule has 0 N–H and O–H groups in total. The molecule has 25 heavy (non-hydrogen) atoms. The van der Waals surface area contributed by atoms with E-state index in [1.165, 1.54) is 23.3 Å². The van der Waals surface area contributed by atoms with Crippen molar-refractivity contribution in [3.8, 4) is 5.75 Å². The molecule has 0 aliphatic heterocycles. The van der Waals surface area contributed by atoms with Crippen LogP contribution < -0.4 is 4.74 Å². The lowest BCUT2D eigenvalue weighted by Crippen LogP contribution is -2.30. The van der Waals surface area contributed by atoms with E-state index in [1.54, 1.807) is 23.5 Å². The number of sulfone groups is 1. The van der Waals surface area contributed by atoms with E-state index in [0.717, 1.165) is 0 Å². The Bertz CT molecular complexity index is 768. The number of rotatable bonds is 9. The molecule has 0 unspecified atom stereocenters. The van der Waals surface area contributed by atoms with Crippen molar-refractivity contribution in [2.75, 3.05) is 19.4 Å². The van der Waals surface area contributed by atoms with Crippen molar-refractivity contribution in [3.63, 3.8) is 0 Å². The van der Waals surface area contributed by atoms with E-state index in [0.29, 0.717) is 38.3 Å². The summed E-state index contributed by atoms with van der Waals surface area (Å²) in [6.07, 6.45) is 2.22. The molecule has 0 aliphatic carbocycles. The Morgan fingerprint density at radius 2 is 1.92 bits per heavy atom. The highest BCUT2D eigenvalue weighted by molar-refractivity contribution is 7.90. The monoisotopic (exact) mass is 381 g/mol. The van der Waals surface area contributed by atoms with Crippen molar-refractivity contribution in [2.45, 2.75) is 31.2 Å². The van der Waals surface area contributed by atoms with Crippen molar-refractivity contribution in [2.24, 2.45) is 0 Å². The van der Waals surface area contributed by atoms with Crippen LogP contribution in [0.3, 0.4) is 0 Å². The van der Waals surface area contributed by atoms with Gasteiger partial charge in [0.05, 0.1) is 18.0 Å². The molecule has 0 atom stereocenters. The maximum atomic E-state index is 12.3. The third-order valence-electron chi connectivity index (χ3n) is 3.72. The van der Waals surface area contributed by atoms with Crippen LogP contribution in [0.4, 0.5) is 0 Å². The third kappa shape index (κ3) is 6.17. The molecule has 1 aromatic carbocycles. The van der Waals surface area contributed by atoms with Gasteiger partial charge in [-0.25, -0.2) is 8.42 Å². The van der Waals surface area contributed by atoms with E-state index in [-0.39, 0.29) is 10.8 Å². The zero-order valence-corrected chi connectivity index (χ0v) is 16.1. The average molecular weight is 382 g/mol. The standard InChI is InChI=1S/C18H23NO4S2/c1-3-19(14-16-6-5-13-24-16)18(20)7-4-12-23-15-8-10-17(11-9-15)25(2,21)22/h5-6,8-11,13H,3-4,7,12,14H2,1-2H3. The molecule has 0 aliphatic rings. The molecule has 0 bridgehead atoms. The third-order valence-corrected chi connectivity index (χ3v) is 5.71. The predicted octanol–water partition coefficient (Wildman–Crippen LogP) is 3.36. The number of carbonyl (C=O) groups excluding carboxylic acids is 1. The topological polar surface area (TPSA) is 63.7 Å². The van der Waals surface area contributed by atoms with Gasteiger partial charge in [0.15, 0.2) is 9.84 Å². The fourth-order valence-electron chi connectivity index (χ4n) is 2.32. The molecule has 0 spiro atoms. The molecule has 136 valence electrons. The van der Waals surface area contributed by atoms with Crippen LogP contribution in [-0.2, 0) is 21.2 Å². The van der Waals surface area contributed by atoms with Crippen LogP contribution in [0.15, 0.2) is 46.7 Å². The summed E-state index contributed by atoms with van der Waals surface area (Å²) in [4.78, 5) is 15.6. The van der Waals surface area contributed by atoms with Gasteiger partial charge in [-0.3, -0.25) is 4.79 Å². The summed E-state index contributed by atoms with van der Waals surface area (Å²) in [5, 5.41) is 2.01. The molecule has 0 radical (unpaired) electrons. The Morgan fingerprint density at radius 1 is 1.20 bits per heavy atom. The van der Waals surface area contributed by atoms with Crippen LogP contribution >= 0.6 is 11.3 Å². The van der Waals surface area contributed by atoms with E-state index in [4.69, 9.17) is 4.74 Å². The first-order chi connectivity index (χ1) is 11.9. The first-order valence-electron chi connectivity index (χ1n) is 8.13. The quantitative estimate of drug-likeness (QED) is 0.625. The van der Waals surface area contributed by atoms with Gasteiger partial charge in [-0.1, -0.05) is 6.07 Å². The fourth-order valence-corrected chi connectivity index (χ4v) is 3.67. The number of ether oxygens (including phenoxy) is 1. The minimum atomic E-state index is -3.19. The SMILES string of the molecule is CCN(Cc1cccs1)C(=O)CCCOc1ccc(S(C)(=O)=O)cc1. The Balaban J connectivity index is 1.75. The van der Waals surface area contributed by atoms with Gasteiger partial charge in [-0.15, -0.1) is 11.3 Å². The first-order valence-corrected chi connectivity index (χ1v) is 10.9. The van der Waals surface area contributed by atoms with Crippen molar-refractivity contribution in [1.82, 2.24) is 4.90 Å². The van der Waals surface area contributed by atoms with Crippen molar-refractivity contribution < 1.29 is 17.9 Å². The highest BCUT2D eigenvalue weighted by Crippen LogP contribution is 2.16. The molecule has 7 heteroatoms. The molecule has 2 aromatic rings. The number of hydrogen-bond donors (Lipinski definition) is 0. The second kappa shape index (κ2) is 9.01. The molecule has 0 saturated carbocycles. The minimum Gasteiger partial charge on any atom is -0.494 e. The predicted molar refractivity (Wildman–Crippen MR) is 99.7 cm³/mol. The van der Waals surface area contributed by atoms with Crippen LogP contribution in [0, 0.1) is 0 Å². The lowest BCUT2D eigenvalue weighted by Gasteiger charge is -2.20. The summed E-state index contributed by atoms with van der Waals surface area (Å²) in [7, 11) is -3.19. The lowest BCUT2D eigenvalue weighted by atomic mass is 10.2. The summed E-state index contributed by atoms with van der Waals surface area (Å²) >= 11 is 1.65. The van der Waals surface area contributed by atoms with E-state index in [1.807, 2.05) is 29.3 Å². The first kappa shape index (κ1) is 19.5. The zero-order chi connectivity index (χ0) is 18.3. The van der Waals surface area contributed by atoms with Crippen molar-refractivity contribution in [3.05, 3.63) is 46.7 Å². The summed E-state index contributed by atoms with van der Waals surface area (Å²) in [6.45, 7) is 3.73. The summed E-state index contributed by atoms with van der Waals surface area (Å²) in [6, 6.07) is 10.3. The summed E-state index contributed by atoms with van der Waals surface area (Å²) in [5.74, 6) is 0.720. The van der Waals surface area contributed by atoms with E-state index >= 15 is 0 Å². The van der Waals surface area contributed by atoms with Crippen LogP contribution in [-0.4, -0.2) is 38.6 Å². The molecule has 5 nitrogen and oxygen atoms in total. The Labute approximate surface area is 153 Å². The number of amides is 1. The maximum Gasteiger partial charge on any atom is 0.223 e. The van der Waals surface area contributed by atoms with Gasteiger partial charge in [-0.2, -0.15) is 0 Å². The second-order valence-electron chi connectivity index (χ2n) is 5.68. The molecule has 2 rings (SSSR count). The van der Waals surface area contributed by atoms with Gasteiger partial charge in [0.1, 0.15) is 5.75 Å². The second-order valence-corrected chi connectivity index (χ2v) is 8.73. The largest absolute Gasteiger partial charge is 0.494 e. The minimum absolute atomic E-state index is 0.118. The van der Waals surface area contributed by atoms with Crippen molar-refractivity contribution >= 4 is 27.1 Å². The molecular weight excluding hydrogens is 358 g/mol. The number of benzene rings is 1. The average Bonchev–Trinajstić information content (AvgIpc) is 3.09. The smallest absolute Gasteiger partial charge is 0.223 e.